The van der Waals surface area contributed by atoms with Gasteiger partial charge < -0.3 is 24.3 Å². The lowest BCUT2D eigenvalue weighted by molar-refractivity contribution is -0.147. The molecule has 0 bridgehead atoms. The first-order valence-electron chi connectivity index (χ1n) is 15.0. The summed E-state index contributed by atoms with van der Waals surface area (Å²) in [5, 5.41) is 13.5. The number of nitrogens with one attached hydrogen (secondary N) is 1. The highest BCUT2D eigenvalue weighted by molar-refractivity contribution is 6.37. The Morgan fingerprint density at radius 3 is 2.53 bits per heavy atom. The first-order valence-corrected chi connectivity index (χ1v) is 15.4. The van der Waals surface area contributed by atoms with E-state index in [-0.39, 0.29) is 36.0 Å². The largest absolute Gasteiger partial charge is 0.464 e. The van der Waals surface area contributed by atoms with Crippen LogP contribution in [0.2, 0.25) is 5.02 Å². The van der Waals surface area contributed by atoms with Gasteiger partial charge in [-0.3, -0.25) is 14.4 Å². The summed E-state index contributed by atoms with van der Waals surface area (Å²) in [6, 6.07) is 24.7. The van der Waals surface area contributed by atoms with Gasteiger partial charge in [0.1, 0.15) is 5.58 Å². The molecule has 47 heavy (non-hydrogen) atoms. The molecule has 9 nitrogen and oxygen atoms in total. The van der Waals surface area contributed by atoms with Crippen LogP contribution in [-0.2, 0) is 27.5 Å². The van der Waals surface area contributed by atoms with Crippen molar-refractivity contribution in [2.24, 2.45) is 0 Å². The number of rotatable bonds is 8. The molecule has 10 heteroatoms. The number of hydrogen-bond acceptors (Lipinski definition) is 7. The number of allylic oxidation sites excluding steroid dienone is 1. The summed E-state index contributed by atoms with van der Waals surface area (Å²) in [4.78, 5) is 41.0. The minimum absolute atomic E-state index is 0.0448. The predicted octanol–water partition coefficient (Wildman–Crippen LogP) is 7.26. The highest BCUT2D eigenvalue weighted by atomic mass is 35.5. The second-order valence-corrected chi connectivity index (χ2v) is 11.9. The van der Waals surface area contributed by atoms with Crippen molar-refractivity contribution >= 4 is 51.7 Å². The Morgan fingerprint density at radius 2 is 1.74 bits per heavy atom. The zero-order chi connectivity index (χ0) is 32.7. The normalized spacial score (nSPS) is 17.4. The Morgan fingerprint density at radius 1 is 0.979 bits per heavy atom. The molecule has 2 atom stereocenters. The third-order valence-electron chi connectivity index (χ3n) is 8.38. The molecule has 3 amide bonds. The van der Waals surface area contributed by atoms with Crippen LogP contribution in [0.3, 0.4) is 0 Å². The molecule has 2 N–H and O–H groups in total. The Bertz CT molecular complexity index is 2070. The van der Waals surface area contributed by atoms with E-state index in [1.165, 1.54) is 6.07 Å². The molecule has 0 radical (unpaired) electrons. The SMILES string of the molecule is Cc1cc(NC(=O)C2=C[C@@H](c3coc4ccccc34)C[C@@H](OCc3ccc(CO)cc3)O2)ccc1N1C(=O)c2ccc(Cl)cc2C1=O. The zero-order valence-electron chi connectivity index (χ0n) is 25.2. The summed E-state index contributed by atoms with van der Waals surface area (Å²) < 4.78 is 18.0. The number of nitrogens with zero attached hydrogens (tertiary/aromatic N) is 1. The number of anilines is 2. The quantitative estimate of drug-likeness (QED) is 0.170. The summed E-state index contributed by atoms with van der Waals surface area (Å²) >= 11 is 6.07. The van der Waals surface area contributed by atoms with Crippen molar-refractivity contribution < 1.29 is 33.4 Å². The Balaban J connectivity index is 1.12. The smallest absolute Gasteiger partial charge is 0.290 e. The van der Waals surface area contributed by atoms with Crippen molar-refractivity contribution in [1.29, 1.82) is 0 Å². The van der Waals surface area contributed by atoms with Crippen molar-refractivity contribution in [1.82, 2.24) is 0 Å². The van der Waals surface area contributed by atoms with Gasteiger partial charge in [-0.25, -0.2) is 4.90 Å². The van der Waals surface area contributed by atoms with Gasteiger partial charge in [0.05, 0.1) is 36.3 Å². The summed E-state index contributed by atoms with van der Waals surface area (Å²) in [5.41, 5.74) is 5.36. The van der Waals surface area contributed by atoms with Crippen LogP contribution in [0, 0.1) is 6.92 Å². The highest BCUT2D eigenvalue weighted by Gasteiger charge is 2.37. The van der Waals surface area contributed by atoms with E-state index in [0.717, 1.165) is 32.6 Å². The zero-order valence-corrected chi connectivity index (χ0v) is 26.0. The summed E-state index contributed by atoms with van der Waals surface area (Å²) in [7, 11) is 0. The molecule has 5 aromatic rings. The van der Waals surface area contributed by atoms with E-state index < -0.39 is 24.0 Å². The van der Waals surface area contributed by atoms with Crippen molar-refractivity contribution in [3.05, 3.63) is 141 Å². The van der Waals surface area contributed by atoms with Crippen LogP contribution in [0.25, 0.3) is 11.0 Å². The molecular formula is C37H29ClN2O7. The van der Waals surface area contributed by atoms with Gasteiger partial charge in [0.15, 0.2) is 5.76 Å². The fourth-order valence-electron chi connectivity index (χ4n) is 5.96. The molecule has 3 heterocycles. The number of furan rings is 1. The van der Waals surface area contributed by atoms with Crippen LogP contribution in [0.15, 0.2) is 107 Å². The first kappa shape index (κ1) is 30.4. The number of amides is 3. The third-order valence-corrected chi connectivity index (χ3v) is 8.61. The highest BCUT2D eigenvalue weighted by Crippen LogP contribution is 2.37. The topological polar surface area (TPSA) is 118 Å². The molecule has 2 aliphatic heterocycles. The maximum Gasteiger partial charge on any atom is 0.290 e. The second kappa shape index (κ2) is 12.5. The number of halogens is 1. The number of aliphatic hydroxyl groups is 1. The van der Waals surface area contributed by atoms with Crippen molar-refractivity contribution in [2.45, 2.75) is 38.8 Å². The fourth-order valence-corrected chi connectivity index (χ4v) is 6.13. The van der Waals surface area contributed by atoms with Gasteiger partial charge in [0.2, 0.25) is 6.29 Å². The number of carbonyl (C=O) groups excluding carboxylic acids is 3. The van der Waals surface area contributed by atoms with Gasteiger partial charge in [-0.2, -0.15) is 0 Å². The first-order chi connectivity index (χ1) is 22.8. The number of imide groups is 1. The number of aliphatic hydroxyl groups excluding tert-OH is 1. The van der Waals surface area contributed by atoms with E-state index in [1.807, 2.05) is 48.5 Å². The Kier molecular flexibility index (Phi) is 8.11. The monoisotopic (exact) mass is 648 g/mol. The van der Waals surface area contributed by atoms with Gasteiger partial charge in [-0.1, -0.05) is 54.1 Å². The lowest BCUT2D eigenvalue weighted by atomic mass is 9.92. The lowest BCUT2D eigenvalue weighted by Crippen LogP contribution is -2.30. The third kappa shape index (κ3) is 5.92. The summed E-state index contributed by atoms with van der Waals surface area (Å²) in [5.74, 6) is -1.52. The number of ether oxygens (including phenoxy) is 2. The Labute approximate surface area is 275 Å². The maximum absolute atomic E-state index is 13.6. The fraction of sp³-hybridized carbons (Fsp3) is 0.162. The van der Waals surface area contributed by atoms with E-state index in [9.17, 15) is 19.5 Å². The summed E-state index contributed by atoms with van der Waals surface area (Å²) in [6.07, 6.45) is 3.19. The van der Waals surface area contributed by atoms with E-state index in [4.69, 9.17) is 25.5 Å². The van der Waals surface area contributed by atoms with Crippen LogP contribution in [0.5, 0.6) is 0 Å². The maximum atomic E-state index is 13.6. The van der Waals surface area contributed by atoms with Crippen molar-refractivity contribution in [2.75, 3.05) is 10.2 Å². The van der Waals surface area contributed by atoms with Crippen LogP contribution in [0.1, 0.15) is 55.3 Å². The number of aryl methyl sites for hydroxylation is 1. The van der Waals surface area contributed by atoms with Gasteiger partial charge in [-0.15, -0.1) is 0 Å². The molecule has 7 rings (SSSR count). The van der Waals surface area contributed by atoms with Gasteiger partial charge in [0, 0.05) is 34.0 Å². The molecule has 1 aromatic heterocycles. The lowest BCUT2D eigenvalue weighted by Gasteiger charge is -2.29. The molecule has 0 spiro atoms. The van der Waals surface area contributed by atoms with Crippen LogP contribution >= 0.6 is 11.6 Å². The molecule has 0 saturated carbocycles. The van der Waals surface area contributed by atoms with Crippen LogP contribution in [0.4, 0.5) is 11.4 Å². The number of para-hydroxylation sites is 1. The number of fused-ring (bicyclic) bond motifs is 2. The number of carbonyl (C=O) groups is 3. The second-order valence-electron chi connectivity index (χ2n) is 11.5. The van der Waals surface area contributed by atoms with Gasteiger partial charge >= 0.3 is 0 Å². The number of benzene rings is 4. The molecule has 0 fully saturated rings. The van der Waals surface area contributed by atoms with E-state index in [2.05, 4.69) is 5.32 Å². The average molecular weight is 649 g/mol. The molecule has 236 valence electrons. The standard InChI is InChI=1S/C37H29ClN2O7/c1-21-14-26(11-13-31(21)40-36(43)28-12-10-25(38)17-29(28)37(40)44)39-35(42)33-15-24(30-20-45-32-5-3-2-4-27(30)32)16-34(47-33)46-19-23-8-6-22(18-41)7-9-23/h2-15,17,20,24,34,41H,16,18-19H2,1H3,(H,39,42)/t24-,34+/m1/s1. The molecule has 4 aromatic carbocycles. The van der Waals surface area contributed by atoms with Gasteiger partial charge in [0.25, 0.3) is 17.7 Å². The van der Waals surface area contributed by atoms with Crippen LogP contribution < -0.4 is 10.2 Å². The molecule has 0 unspecified atom stereocenters. The molecule has 2 aliphatic rings. The van der Waals surface area contributed by atoms with Gasteiger partial charge in [-0.05, 0) is 72.2 Å². The summed E-state index contributed by atoms with van der Waals surface area (Å²) in [6.45, 7) is 1.96. The minimum atomic E-state index is -0.733. The predicted molar refractivity (Wildman–Crippen MR) is 176 cm³/mol. The van der Waals surface area contributed by atoms with Crippen molar-refractivity contribution in [3.63, 3.8) is 0 Å². The van der Waals surface area contributed by atoms with Crippen molar-refractivity contribution in [3.8, 4) is 0 Å². The molecule has 0 aliphatic carbocycles. The minimum Gasteiger partial charge on any atom is -0.464 e. The van der Waals surface area contributed by atoms with E-state index in [1.54, 1.807) is 49.6 Å². The number of hydrogen-bond donors (Lipinski definition) is 2. The van der Waals surface area contributed by atoms with Crippen LogP contribution in [-0.4, -0.2) is 29.1 Å². The molecule has 0 saturated heterocycles. The average Bonchev–Trinajstić information content (AvgIpc) is 3.62. The Hall–Kier alpha value is -5.22. The van der Waals surface area contributed by atoms with E-state index >= 15 is 0 Å². The van der Waals surface area contributed by atoms with E-state index in [0.29, 0.717) is 28.4 Å². The molecular weight excluding hydrogens is 620 g/mol.